The Labute approximate surface area is 246 Å². The number of benzene rings is 3. The first-order valence-electron chi connectivity index (χ1n) is 12.3. The zero-order valence-corrected chi connectivity index (χ0v) is 24.6. The fraction of sp³-hybridized carbons (Fsp3) is 0.172. The largest absolute Gasteiger partial charge is 0.497 e. The van der Waals surface area contributed by atoms with Crippen molar-refractivity contribution in [1.29, 1.82) is 0 Å². The summed E-state index contributed by atoms with van der Waals surface area (Å²) in [6.45, 7) is 1.88. The Bertz CT molecular complexity index is 1740. The van der Waals surface area contributed by atoms with Crippen LogP contribution >= 0.6 is 22.9 Å². The van der Waals surface area contributed by atoms with E-state index >= 15 is 0 Å². The lowest BCUT2D eigenvalue weighted by Gasteiger charge is -2.28. The van der Waals surface area contributed by atoms with Gasteiger partial charge in [-0.05, 0) is 59.8 Å². The van der Waals surface area contributed by atoms with Gasteiger partial charge in [-0.2, -0.15) is 4.31 Å². The predicted molar refractivity (Wildman–Crippen MR) is 155 cm³/mol. The summed E-state index contributed by atoms with van der Waals surface area (Å²) >= 11 is 7.54. The van der Waals surface area contributed by atoms with Crippen LogP contribution in [0.25, 0.3) is 0 Å². The Hall–Kier alpha value is -4.06. The predicted octanol–water partition coefficient (Wildman–Crippen LogP) is 5.63. The van der Waals surface area contributed by atoms with Crippen molar-refractivity contribution in [2.75, 3.05) is 18.5 Å². The zero-order chi connectivity index (χ0) is 29.4. The van der Waals surface area contributed by atoms with E-state index in [1.807, 2.05) is 30.3 Å². The molecule has 1 aliphatic heterocycles. The summed E-state index contributed by atoms with van der Waals surface area (Å²) in [6.07, 6.45) is -0.915. The minimum Gasteiger partial charge on any atom is -0.497 e. The fourth-order valence-electron chi connectivity index (χ4n) is 4.70. The van der Waals surface area contributed by atoms with Crippen molar-refractivity contribution in [1.82, 2.24) is 5.32 Å². The first kappa shape index (κ1) is 28.5. The molecule has 0 fully saturated rings. The van der Waals surface area contributed by atoms with E-state index in [1.54, 1.807) is 18.4 Å². The van der Waals surface area contributed by atoms with Crippen LogP contribution in [0.5, 0.6) is 11.5 Å². The van der Waals surface area contributed by atoms with Crippen LogP contribution in [0.15, 0.2) is 83.1 Å². The summed E-state index contributed by atoms with van der Waals surface area (Å²) in [4.78, 5) is 27.9. The van der Waals surface area contributed by atoms with E-state index < -0.39 is 27.6 Å². The second-order valence-corrected chi connectivity index (χ2v) is 12.2. The standard InChI is InChI=1S/C29H25ClN2O7S2/c1-18-13-14-40-26(18)29(39-28(34)31-17-19-7-5-4-6-8-19)22-15-20(30)9-11-23(22)32(27(29)33)41(35,36)25-12-10-21(37-2)16-24(25)38-3/h4-16H,17H2,1-3H3,(H,31,34). The molecule has 1 atom stereocenters. The first-order valence-corrected chi connectivity index (χ1v) is 15.0. The number of nitrogens with zero attached hydrogens (tertiary/aromatic N) is 1. The molecule has 4 aromatic rings. The van der Waals surface area contributed by atoms with Gasteiger partial charge in [0.25, 0.3) is 21.5 Å². The highest BCUT2D eigenvalue weighted by Crippen LogP contribution is 2.52. The smallest absolute Gasteiger partial charge is 0.409 e. The maximum absolute atomic E-state index is 14.5. The number of thiophene rings is 1. The Kier molecular flexibility index (Phi) is 7.69. The van der Waals surface area contributed by atoms with Crippen molar-refractivity contribution < 1.29 is 32.2 Å². The summed E-state index contributed by atoms with van der Waals surface area (Å²) in [6, 6.07) is 19.4. The normalized spacial score (nSPS) is 16.3. The molecule has 2 heterocycles. The number of aryl methyl sites for hydroxylation is 1. The van der Waals surface area contributed by atoms with E-state index in [9.17, 15) is 18.0 Å². The van der Waals surface area contributed by atoms with Gasteiger partial charge in [0.1, 0.15) is 16.4 Å². The van der Waals surface area contributed by atoms with Crippen LogP contribution in [-0.4, -0.2) is 34.6 Å². The van der Waals surface area contributed by atoms with Crippen molar-refractivity contribution >= 4 is 50.6 Å². The van der Waals surface area contributed by atoms with E-state index in [2.05, 4.69) is 5.32 Å². The van der Waals surface area contributed by atoms with Gasteiger partial charge in [-0.15, -0.1) is 11.3 Å². The molecule has 0 bridgehead atoms. The molecular weight excluding hydrogens is 588 g/mol. The third kappa shape index (κ3) is 4.90. The highest BCUT2D eigenvalue weighted by molar-refractivity contribution is 7.93. The van der Waals surface area contributed by atoms with Crippen LogP contribution < -0.4 is 19.1 Å². The molecule has 1 unspecified atom stereocenters. The molecule has 0 saturated heterocycles. The molecule has 5 rings (SSSR count). The van der Waals surface area contributed by atoms with Crippen LogP contribution in [0, 0.1) is 6.92 Å². The van der Waals surface area contributed by atoms with Gasteiger partial charge in [-0.3, -0.25) is 4.79 Å². The van der Waals surface area contributed by atoms with Gasteiger partial charge in [0.2, 0.25) is 0 Å². The molecule has 0 aliphatic carbocycles. The number of amides is 2. The van der Waals surface area contributed by atoms with Crippen molar-refractivity contribution in [2.24, 2.45) is 0 Å². The third-order valence-corrected chi connectivity index (χ3v) is 9.73. The Balaban J connectivity index is 1.66. The van der Waals surface area contributed by atoms with Crippen molar-refractivity contribution in [3.05, 3.63) is 105 Å². The van der Waals surface area contributed by atoms with E-state index in [-0.39, 0.29) is 33.5 Å². The molecule has 3 aromatic carbocycles. The van der Waals surface area contributed by atoms with E-state index in [1.165, 1.54) is 50.6 Å². The molecule has 1 N–H and O–H groups in total. The van der Waals surface area contributed by atoms with Crippen molar-refractivity contribution in [2.45, 2.75) is 24.0 Å². The first-order chi connectivity index (χ1) is 19.6. The second kappa shape index (κ2) is 11.1. The van der Waals surface area contributed by atoms with Crippen LogP contribution in [0.3, 0.4) is 0 Å². The highest BCUT2D eigenvalue weighted by Gasteiger charge is 2.60. The number of anilines is 1. The minimum absolute atomic E-state index is 0.000862. The molecule has 212 valence electrons. The summed E-state index contributed by atoms with van der Waals surface area (Å²) < 4.78 is 45.6. The number of nitrogens with one attached hydrogen (secondary N) is 1. The average Bonchev–Trinajstić information content (AvgIpc) is 3.51. The lowest BCUT2D eigenvalue weighted by Crippen LogP contribution is -2.48. The fourth-order valence-corrected chi connectivity index (χ4v) is 7.54. The number of ether oxygens (including phenoxy) is 3. The summed E-state index contributed by atoms with van der Waals surface area (Å²) in [5.74, 6) is -0.658. The van der Waals surface area contributed by atoms with Gasteiger partial charge in [-0.1, -0.05) is 41.9 Å². The Morgan fingerprint density at radius 3 is 2.44 bits per heavy atom. The van der Waals surface area contributed by atoms with Gasteiger partial charge >= 0.3 is 6.09 Å². The summed E-state index contributed by atoms with van der Waals surface area (Å²) in [5, 5.41) is 4.63. The molecule has 41 heavy (non-hydrogen) atoms. The summed E-state index contributed by atoms with van der Waals surface area (Å²) in [5.41, 5.74) is -0.576. The van der Waals surface area contributed by atoms with E-state index in [0.717, 1.165) is 16.9 Å². The molecule has 1 aliphatic rings. The summed E-state index contributed by atoms with van der Waals surface area (Å²) in [7, 11) is -1.85. The minimum atomic E-state index is -4.59. The van der Waals surface area contributed by atoms with Crippen LogP contribution in [0.4, 0.5) is 10.5 Å². The zero-order valence-electron chi connectivity index (χ0n) is 22.2. The van der Waals surface area contributed by atoms with Gasteiger partial charge in [0.05, 0.1) is 24.8 Å². The molecule has 1 aromatic heterocycles. The van der Waals surface area contributed by atoms with Crippen LogP contribution in [-0.2, 0) is 31.7 Å². The number of carbonyl (C=O) groups is 2. The topological polar surface area (TPSA) is 111 Å². The monoisotopic (exact) mass is 612 g/mol. The lowest BCUT2D eigenvalue weighted by molar-refractivity contribution is -0.131. The number of alkyl carbamates (subject to hydrolysis) is 1. The maximum atomic E-state index is 14.5. The van der Waals surface area contributed by atoms with Gasteiger partial charge in [0, 0.05) is 23.2 Å². The number of methoxy groups -OCH3 is 2. The molecule has 9 nitrogen and oxygen atoms in total. The van der Waals surface area contributed by atoms with Crippen LogP contribution in [0.1, 0.15) is 21.6 Å². The third-order valence-electron chi connectivity index (χ3n) is 6.64. The number of sulfonamides is 1. The number of fused-ring (bicyclic) bond motifs is 1. The van der Waals surface area contributed by atoms with Crippen LogP contribution in [0.2, 0.25) is 5.02 Å². The molecule has 0 spiro atoms. The maximum Gasteiger partial charge on any atom is 0.409 e. The molecule has 2 amide bonds. The Morgan fingerprint density at radius 1 is 1.02 bits per heavy atom. The lowest BCUT2D eigenvalue weighted by atomic mass is 9.91. The highest BCUT2D eigenvalue weighted by atomic mass is 35.5. The quantitative estimate of drug-likeness (QED) is 0.274. The molecule has 0 radical (unpaired) electrons. The molecular formula is C29H25ClN2O7S2. The molecule has 12 heteroatoms. The van der Waals surface area contributed by atoms with Crippen molar-refractivity contribution in [3.63, 3.8) is 0 Å². The number of rotatable bonds is 8. The number of hydrogen-bond donors (Lipinski definition) is 1. The van der Waals surface area contributed by atoms with Gasteiger partial charge in [-0.25, -0.2) is 13.2 Å². The SMILES string of the molecule is COc1ccc(S(=O)(=O)N2C(=O)C(OC(=O)NCc3ccccc3)(c3sccc3C)c3cc(Cl)ccc32)c(OC)c1. The van der Waals surface area contributed by atoms with Gasteiger partial charge in [0.15, 0.2) is 0 Å². The van der Waals surface area contributed by atoms with Gasteiger partial charge < -0.3 is 19.5 Å². The number of carbonyl (C=O) groups excluding carboxylic acids is 2. The van der Waals surface area contributed by atoms with E-state index in [0.29, 0.717) is 20.5 Å². The number of hydrogen-bond acceptors (Lipinski definition) is 8. The second-order valence-electron chi connectivity index (χ2n) is 9.10. The van der Waals surface area contributed by atoms with Crippen molar-refractivity contribution in [3.8, 4) is 11.5 Å². The van der Waals surface area contributed by atoms with E-state index in [4.69, 9.17) is 25.8 Å². The number of halogens is 1. The Morgan fingerprint density at radius 2 is 1.78 bits per heavy atom. The molecule has 0 saturated carbocycles. The average molecular weight is 613 g/mol.